The Labute approximate surface area is 97.5 Å². The second kappa shape index (κ2) is 7.00. The third-order valence-electron chi connectivity index (χ3n) is 2.65. The SMILES string of the molecule is CC(CC#N)N(CCN)Cc1ccccc1. The fraction of sp³-hybridized carbons (Fsp3) is 0.462. The van der Waals surface area contributed by atoms with Gasteiger partial charge in [-0.05, 0) is 12.5 Å². The average molecular weight is 217 g/mol. The van der Waals surface area contributed by atoms with Crippen LogP contribution >= 0.6 is 0 Å². The Morgan fingerprint density at radius 2 is 2.06 bits per heavy atom. The molecule has 0 radical (unpaired) electrons. The number of hydrogen-bond acceptors (Lipinski definition) is 3. The summed E-state index contributed by atoms with van der Waals surface area (Å²) in [4.78, 5) is 2.25. The maximum Gasteiger partial charge on any atom is 0.0638 e. The maximum absolute atomic E-state index is 8.71. The first-order valence-electron chi connectivity index (χ1n) is 5.63. The molecule has 0 aromatic heterocycles. The smallest absolute Gasteiger partial charge is 0.0638 e. The van der Waals surface area contributed by atoms with Crippen molar-refractivity contribution in [3.63, 3.8) is 0 Å². The topological polar surface area (TPSA) is 53.0 Å². The van der Waals surface area contributed by atoms with Gasteiger partial charge in [0.25, 0.3) is 0 Å². The molecule has 0 aliphatic heterocycles. The predicted octanol–water partition coefficient (Wildman–Crippen LogP) is 1.75. The van der Waals surface area contributed by atoms with E-state index in [1.807, 2.05) is 18.2 Å². The average Bonchev–Trinajstić information content (AvgIpc) is 2.30. The van der Waals surface area contributed by atoms with Crippen molar-refractivity contribution in [1.82, 2.24) is 4.90 Å². The zero-order valence-electron chi connectivity index (χ0n) is 9.76. The number of hydrogen-bond donors (Lipinski definition) is 1. The van der Waals surface area contributed by atoms with Crippen LogP contribution in [0.4, 0.5) is 0 Å². The molecule has 0 amide bonds. The van der Waals surface area contributed by atoms with E-state index in [0.717, 1.165) is 13.1 Å². The molecule has 3 heteroatoms. The molecule has 1 unspecified atom stereocenters. The molecule has 0 heterocycles. The lowest BCUT2D eigenvalue weighted by molar-refractivity contribution is 0.208. The summed E-state index contributed by atoms with van der Waals surface area (Å²) in [6.07, 6.45) is 0.548. The standard InChI is InChI=1S/C13H19N3/c1-12(7-8-14)16(10-9-15)11-13-5-3-2-4-6-13/h2-6,12H,7,9-11,15H2,1H3. The zero-order chi connectivity index (χ0) is 11.8. The normalized spacial score (nSPS) is 12.4. The highest BCUT2D eigenvalue weighted by Gasteiger charge is 2.12. The fourth-order valence-electron chi connectivity index (χ4n) is 1.70. The minimum atomic E-state index is 0.258. The summed E-state index contributed by atoms with van der Waals surface area (Å²) in [5.41, 5.74) is 6.86. The van der Waals surface area contributed by atoms with Gasteiger partial charge >= 0.3 is 0 Å². The largest absolute Gasteiger partial charge is 0.329 e. The Bertz CT molecular complexity index is 329. The number of nitriles is 1. The van der Waals surface area contributed by atoms with E-state index in [2.05, 4.69) is 30.0 Å². The quantitative estimate of drug-likeness (QED) is 0.789. The number of nitrogens with two attached hydrogens (primary N) is 1. The van der Waals surface area contributed by atoms with Crippen molar-refractivity contribution >= 4 is 0 Å². The molecular formula is C13H19N3. The van der Waals surface area contributed by atoms with E-state index in [9.17, 15) is 0 Å². The summed E-state index contributed by atoms with van der Waals surface area (Å²) >= 11 is 0. The van der Waals surface area contributed by atoms with E-state index in [1.165, 1.54) is 5.56 Å². The Hall–Kier alpha value is -1.37. The van der Waals surface area contributed by atoms with Crippen LogP contribution in [0.15, 0.2) is 30.3 Å². The van der Waals surface area contributed by atoms with Gasteiger partial charge in [0.15, 0.2) is 0 Å². The van der Waals surface area contributed by atoms with Crippen LogP contribution in [0.1, 0.15) is 18.9 Å². The van der Waals surface area contributed by atoms with E-state index >= 15 is 0 Å². The number of benzene rings is 1. The highest BCUT2D eigenvalue weighted by molar-refractivity contribution is 5.14. The molecule has 86 valence electrons. The van der Waals surface area contributed by atoms with Gasteiger partial charge < -0.3 is 5.73 Å². The molecule has 16 heavy (non-hydrogen) atoms. The lowest BCUT2D eigenvalue weighted by atomic mass is 10.1. The summed E-state index contributed by atoms with van der Waals surface area (Å²) in [7, 11) is 0. The van der Waals surface area contributed by atoms with Crippen LogP contribution in [0.2, 0.25) is 0 Å². The molecule has 0 saturated heterocycles. The molecule has 0 fully saturated rings. The third-order valence-corrected chi connectivity index (χ3v) is 2.65. The monoisotopic (exact) mass is 217 g/mol. The Kier molecular flexibility index (Phi) is 5.55. The molecule has 0 saturated carbocycles. The fourth-order valence-corrected chi connectivity index (χ4v) is 1.70. The lowest BCUT2D eigenvalue weighted by Gasteiger charge is -2.27. The van der Waals surface area contributed by atoms with Gasteiger partial charge in [-0.15, -0.1) is 0 Å². The van der Waals surface area contributed by atoms with Gasteiger partial charge in [-0.25, -0.2) is 0 Å². The molecule has 0 bridgehead atoms. The van der Waals surface area contributed by atoms with Crippen LogP contribution < -0.4 is 5.73 Å². The molecule has 0 aliphatic carbocycles. The zero-order valence-corrected chi connectivity index (χ0v) is 9.76. The van der Waals surface area contributed by atoms with Gasteiger partial charge in [-0.3, -0.25) is 4.90 Å². The van der Waals surface area contributed by atoms with Crippen LogP contribution in [0.25, 0.3) is 0 Å². The summed E-state index contributed by atoms with van der Waals surface area (Å²) in [6.45, 7) is 4.39. The Morgan fingerprint density at radius 3 is 2.62 bits per heavy atom. The molecule has 1 aromatic rings. The van der Waals surface area contributed by atoms with E-state index in [0.29, 0.717) is 13.0 Å². The molecule has 1 atom stereocenters. The molecule has 0 aliphatic rings. The first-order chi connectivity index (χ1) is 7.77. The summed E-state index contributed by atoms with van der Waals surface area (Å²) in [6, 6.07) is 12.7. The third kappa shape index (κ3) is 4.01. The van der Waals surface area contributed by atoms with Crippen molar-refractivity contribution in [2.75, 3.05) is 13.1 Å². The van der Waals surface area contributed by atoms with Crippen LogP contribution in [0, 0.1) is 11.3 Å². The van der Waals surface area contributed by atoms with Crippen LogP contribution in [0.3, 0.4) is 0 Å². The summed E-state index contributed by atoms with van der Waals surface area (Å²) in [5, 5.41) is 8.71. The first-order valence-corrected chi connectivity index (χ1v) is 5.63. The van der Waals surface area contributed by atoms with Crippen molar-refractivity contribution in [2.45, 2.75) is 25.9 Å². The van der Waals surface area contributed by atoms with Gasteiger partial charge in [0, 0.05) is 25.7 Å². The van der Waals surface area contributed by atoms with E-state index < -0.39 is 0 Å². The van der Waals surface area contributed by atoms with Crippen molar-refractivity contribution in [3.8, 4) is 6.07 Å². The highest BCUT2D eigenvalue weighted by Crippen LogP contribution is 2.09. The van der Waals surface area contributed by atoms with Gasteiger partial charge in [0.05, 0.1) is 12.5 Å². The van der Waals surface area contributed by atoms with E-state index in [-0.39, 0.29) is 6.04 Å². The van der Waals surface area contributed by atoms with Crippen molar-refractivity contribution in [2.24, 2.45) is 5.73 Å². The van der Waals surface area contributed by atoms with Crippen LogP contribution in [-0.4, -0.2) is 24.0 Å². The van der Waals surface area contributed by atoms with Gasteiger partial charge in [0.2, 0.25) is 0 Å². The molecule has 2 N–H and O–H groups in total. The number of nitrogens with zero attached hydrogens (tertiary/aromatic N) is 2. The first kappa shape index (κ1) is 12.7. The van der Waals surface area contributed by atoms with Gasteiger partial charge in [-0.2, -0.15) is 5.26 Å². The van der Waals surface area contributed by atoms with Gasteiger partial charge in [0.1, 0.15) is 0 Å². The minimum absolute atomic E-state index is 0.258. The number of rotatable bonds is 6. The predicted molar refractivity (Wildman–Crippen MR) is 65.6 cm³/mol. The summed E-state index contributed by atoms with van der Waals surface area (Å²) < 4.78 is 0. The lowest BCUT2D eigenvalue weighted by Crippen LogP contribution is -2.36. The van der Waals surface area contributed by atoms with Gasteiger partial charge in [-0.1, -0.05) is 30.3 Å². The minimum Gasteiger partial charge on any atom is -0.329 e. The molecular weight excluding hydrogens is 198 g/mol. The van der Waals surface area contributed by atoms with Crippen molar-refractivity contribution < 1.29 is 0 Å². The Balaban J connectivity index is 2.61. The molecule has 1 rings (SSSR count). The van der Waals surface area contributed by atoms with Crippen LogP contribution in [0.5, 0.6) is 0 Å². The van der Waals surface area contributed by atoms with E-state index in [4.69, 9.17) is 11.0 Å². The molecule has 0 spiro atoms. The van der Waals surface area contributed by atoms with E-state index in [1.54, 1.807) is 0 Å². The van der Waals surface area contributed by atoms with Crippen LogP contribution in [-0.2, 0) is 6.54 Å². The molecule has 3 nitrogen and oxygen atoms in total. The van der Waals surface area contributed by atoms with Crippen molar-refractivity contribution in [3.05, 3.63) is 35.9 Å². The Morgan fingerprint density at radius 1 is 1.38 bits per heavy atom. The second-order valence-electron chi connectivity index (χ2n) is 3.96. The second-order valence-corrected chi connectivity index (χ2v) is 3.96. The van der Waals surface area contributed by atoms with Crippen molar-refractivity contribution in [1.29, 1.82) is 5.26 Å². The molecule has 1 aromatic carbocycles. The maximum atomic E-state index is 8.71. The summed E-state index contributed by atoms with van der Waals surface area (Å²) in [5.74, 6) is 0. The highest BCUT2D eigenvalue weighted by atomic mass is 15.2.